The van der Waals surface area contributed by atoms with Gasteiger partial charge in [-0.05, 0) is 59.8 Å². The Morgan fingerprint density at radius 1 is 1.00 bits per heavy atom. The highest BCUT2D eigenvalue weighted by molar-refractivity contribution is 7.27. The average molecular weight is 325 g/mol. The van der Waals surface area contributed by atoms with Gasteiger partial charge in [0.15, 0.2) is 0 Å². The summed E-state index contributed by atoms with van der Waals surface area (Å²) < 4.78 is 0. The Hall–Kier alpha value is -1.17. The van der Waals surface area contributed by atoms with Crippen LogP contribution in [0.15, 0.2) is 48.5 Å². The van der Waals surface area contributed by atoms with Crippen molar-refractivity contribution in [1.29, 1.82) is 0 Å². The molecule has 2 aromatic carbocycles. The standard InChI is InChI=1S/C21H28NP/c1-16(2)18-9-7-17(8-10-18)15-22-13-11-19(12-14-22)20-5-3-4-6-21(20)23/h3-10,16,19H,11-15,23H2,1-2H3. The molecule has 0 aromatic heterocycles. The quantitative estimate of drug-likeness (QED) is 0.737. The summed E-state index contributed by atoms with van der Waals surface area (Å²) in [5.74, 6) is 1.34. The molecule has 0 N–H and O–H groups in total. The summed E-state index contributed by atoms with van der Waals surface area (Å²) in [6.07, 6.45) is 2.55. The second-order valence-corrected chi connectivity index (χ2v) is 7.70. The molecule has 0 saturated carbocycles. The van der Waals surface area contributed by atoms with Crippen LogP contribution in [0.3, 0.4) is 0 Å². The number of hydrogen-bond acceptors (Lipinski definition) is 1. The van der Waals surface area contributed by atoms with E-state index in [-0.39, 0.29) is 0 Å². The van der Waals surface area contributed by atoms with Crippen LogP contribution in [0.1, 0.15) is 55.2 Å². The summed E-state index contributed by atoms with van der Waals surface area (Å²) in [5, 5.41) is 1.37. The van der Waals surface area contributed by atoms with Crippen molar-refractivity contribution in [3.8, 4) is 0 Å². The predicted molar refractivity (Wildman–Crippen MR) is 104 cm³/mol. The number of nitrogens with zero attached hydrogens (tertiary/aromatic N) is 1. The molecule has 2 heteroatoms. The molecule has 0 amide bonds. The zero-order valence-corrected chi connectivity index (χ0v) is 15.5. The number of rotatable bonds is 4. The molecule has 1 saturated heterocycles. The minimum absolute atomic E-state index is 0.617. The molecule has 1 heterocycles. The second-order valence-electron chi connectivity index (χ2n) is 7.08. The van der Waals surface area contributed by atoms with E-state index in [9.17, 15) is 0 Å². The fourth-order valence-electron chi connectivity index (χ4n) is 3.55. The third-order valence-corrected chi connectivity index (χ3v) is 5.60. The summed E-state index contributed by atoms with van der Waals surface area (Å²) in [7, 11) is 2.90. The van der Waals surface area contributed by atoms with Crippen molar-refractivity contribution in [2.24, 2.45) is 0 Å². The largest absolute Gasteiger partial charge is 0.299 e. The van der Waals surface area contributed by atoms with Crippen LogP contribution < -0.4 is 5.30 Å². The van der Waals surface area contributed by atoms with Gasteiger partial charge >= 0.3 is 0 Å². The molecule has 1 nitrogen and oxygen atoms in total. The lowest BCUT2D eigenvalue weighted by molar-refractivity contribution is 0.205. The van der Waals surface area contributed by atoms with Gasteiger partial charge < -0.3 is 0 Å². The van der Waals surface area contributed by atoms with E-state index in [0.29, 0.717) is 5.92 Å². The summed E-state index contributed by atoms with van der Waals surface area (Å²) in [5.41, 5.74) is 4.40. The van der Waals surface area contributed by atoms with Gasteiger partial charge in [0.2, 0.25) is 0 Å². The van der Waals surface area contributed by atoms with Gasteiger partial charge in [0.25, 0.3) is 0 Å². The zero-order chi connectivity index (χ0) is 16.2. The van der Waals surface area contributed by atoms with Crippen LogP contribution in [0.5, 0.6) is 0 Å². The van der Waals surface area contributed by atoms with Gasteiger partial charge in [0, 0.05) is 6.54 Å². The topological polar surface area (TPSA) is 3.24 Å². The van der Waals surface area contributed by atoms with Crippen molar-refractivity contribution in [3.63, 3.8) is 0 Å². The van der Waals surface area contributed by atoms with Gasteiger partial charge in [-0.2, -0.15) is 0 Å². The van der Waals surface area contributed by atoms with Crippen molar-refractivity contribution in [1.82, 2.24) is 4.90 Å². The molecule has 122 valence electrons. The van der Waals surface area contributed by atoms with Gasteiger partial charge in [-0.3, -0.25) is 4.90 Å². The van der Waals surface area contributed by atoms with Crippen LogP contribution in [-0.4, -0.2) is 18.0 Å². The smallest absolute Gasteiger partial charge is 0.0233 e. The fraction of sp³-hybridized carbons (Fsp3) is 0.429. The highest BCUT2D eigenvalue weighted by atomic mass is 31.0. The maximum atomic E-state index is 2.90. The van der Waals surface area contributed by atoms with Crippen molar-refractivity contribution in [2.45, 2.75) is 45.1 Å². The van der Waals surface area contributed by atoms with Crippen LogP contribution >= 0.6 is 9.24 Å². The van der Waals surface area contributed by atoms with E-state index in [4.69, 9.17) is 0 Å². The Balaban J connectivity index is 1.56. The molecule has 2 aromatic rings. The minimum Gasteiger partial charge on any atom is -0.299 e. The van der Waals surface area contributed by atoms with Gasteiger partial charge in [-0.15, -0.1) is 9.24 Å². The summed E-state index contributed by atoms with van der Waals surface area (Å²) in [4.78, 5) is 2.60. The molecule has 1 fully saturated rings. The molecular weight excluding hydrogens is 297 g/mol. The van der Waals surface area contributed by atoms with Gasteiger partial charge in [-0.1, -0.05) is 62.4 Å². The van der Waals surface area contributed by atoms with Crippen LogP contribution in [0.4, 0.5) is 0 Å². The summed E-state index contributed by atoms with van der Waals surface area (Å²) in [6, 6.07) is 18.0. The van der Waals surface area contributed by atoms with Crippen molar-refractivity contribution < 1.29 is 0 Å². The zero-order valence-electron chi connectivity index (χ0n) is 14.3. The molecule has 1 aliphatic rings. The second kappa shape index (κ2) is 7.60. The highest BCUT2D eigenvalue weighted by Crippen LogP contribution is 2.28. The Morgan fingerprint density at radius 2 is 1.65 bits per heavy atom. The Labute approximate surface area is 143 Å². The molecule has 23 heavy (non-hydrogen) atoms. The van der Waals surface area contributed by atoms with Gasteiger partial charge in [0.05, 0.1) is 0 Å². The normalized spacial score (nSPS) is 16.9. The van der Waals surface area contributed by atoms with Gasteiger partial charge in [-0.25, -0.2) is 0 Å². The molecule has 1 aliphatic heterocycles. The first-order chi connectivity index (χ1) is 11.1. The first kappa shape index (κ1) is 16.7. The summed E-state index contributed by atoms with van der Waals surface area (Å²) in [6.45, 7) is 8.01. The lowest BCUT2D eigenvalue weighted by atomic mass is 9.89. The van der Waals surface area contributed by atoms with Crippen LogP contribution in [-0.2, 0) is 6.54 Å². The van der Waals surface area contributed by atoms with Crippen LogP contribution in [0.2, 0.25) is 0 Å². The van der Waals surface area contributed by atoms with Gasteiger partial charge in [0.1, 0.15) is 0 Å². The Bertz CT molecular complexity index is 625. The molecule has 0 spiro atoms. The Kier molecular flexibility index (Phi) is 5.51. The monoisotopic (exact) mass is 325 g/mol. The van der Waals surface area contributed by atoms with Crippen molar-refractivity contribution in [2.75, 3.05) is 13.1 Å². The van der Waals surface area contributed by atoms with Crippen LogP contribution in [0.25, 0.3) is 0 Å². The van der Waals surface area contributed by atoms with E-state index in [1.165, 1.54) is 47.9 Å². The molecule has 1 unspecified atom stereocenters. The van der Waals surface area contributed by atoms with E-state index in [1.54, 1.807) is 0 Å². The maximum Gasteiger partial charge on any atom is 0.0233 e. The van der Waals surface area contributed by atoms with Crippen molar-refractivity contribution >= 4 is 14.5 Å². The maximum absolute atomic E-state index is 2.90. The Morgan fingerprint density at radius 3 is 2.26 bits per heavy atom. The molecular formula is C21H28NP. The number of likely N-dealkylation sites (tertiary alicyclic amines) is 1. The van der Waals surface area contributed by atoms with Crippen LogP contribution in [0, 0.1) is 0 Å². The summed E-state index contributed by atoms with van der Waals surface area (Å²) >= 11 is 0. The number of benzene rings is 2. The molecule has 0 radical (unpaired) electrons. The third-order valence-electron chi connectivity index (χ3n) is 5.08. The highest BCUT2D eigenvalue weighted by Gasteiger charge is 2.21. The fourth-order valence-corrected chi connectivity index (χ4v) is 3.99. The first-order valence-electron chi connectivity index (χ1n) is 8.79. The molecule has 1 atom stereocenters. The van der Waals surface area contributed by atoms with Crippen molar-refractivity contribution in [3.05, 3.63) is 65.2 Å². The third kappa shape index (κ3) is 4.22. The lowest BCUT2D eigenvalue weighted by Gasteiger charge is -2.32. The SMILES string of the molecule is CC(C)c1ccc(CN2CCC(c3ccccc3P)CC2)cc1. The average Bonchev–Trinajstić information content (AvgIpc) is 2.57. The minimum atomic E-state index is 0.617. The van der Waals surface area contributed by atoms with E-state index in [1.807, 2.05) is 0 Å². The van der Waals surface area contributed by atoms with E-state index in [2.05, 4.69) is 76.5 Å². The van der Waals surface area contributed by atoms with E-state index in [0.717, 1.165) is 12.5 Å². The molecule has 0 bridgehead atoms. The molecule has 3 rings (SSSR count). The lowest BCUT2D eigenvalue weighted by Crippen LogP contribution is -2.33. The predicted octanol–water partition coefficient (Wildman–Crippen LogP) is 4.69. The first-order valence-corrected chi connectivity index (χ1v) is 9.37. The van der Waals surface area contributed by atoms with E-state index < -0.39 is 0 Å². The number of piperidine rings is 1. The number of hydrogen-bond donors (Lipinski definition) is 0. The van der Waals surface area contributed by atoms with E-state index >= 15 is 0 Å². The molecule has 0 aliphatic carbocycles.